The van der Waals surface area contributed by atoms with Crippen LogP contribution in [-0.2, 0) is 4.79 Å². The lowest BCUT2D eigenvalue weighted by Crippen LogP contribution is -2.39. The Morgan fingerprint density at radius 1 is 1.32 bits per heavy atom. The SMILES string of the molecule is Cc1ccc(C(=O)NCC(=O)N[C@H]2CCSc3c(F)cccc32)cc1[N+](=O)[O-]. The van der Waals surface area contributed by atoms with Gasteiger partial charge in [-0.25, -0.2) is 4.39 Å². The number of benzene rings is 2. The van der Waals surface area contributed by atoms with E-state index in [1.165, 1.54) is 36.0 Å². The molecule has 1 atom stereocenters. The van der Waals surface area contributed by atoms with Crippen molar-refractivity contribution >= 4 is 29.3 Å². The molecule has 0 spiro atoms. The van der Waals surface area contributed by atoms with E-state index in [1.54, 1.807) is 19.1 Å². The molecule has 0 saturated carbocycles. The Balaban J connectivity index is 1.61. The van der Waals surface area contributed by atoms with Gasteiger partial charge in [0.25, 0.3) is 11.6 Å². The second kappa shape index (κ2) is 8.39. The lowest BCUT2D eigenvalue weighted by molar-refractivity contribution is -0.385. The van der Waals surface area contributed by atoms with Crippen molar-refractivity contribution in [3.8, 4) is 0 Å². The standard InChI is InChI=1S/C19H18FN3O4S/c1-11-5-6-12(9-16(11)23(26)27)19(25)21-10-17(24)22-15-7-8-28-18-13(15)3-2-4-14(18)20/h2-6,9,15H,7-8,10H2,1H3,(H,21,25)(H,22,24)/t15-/m0/s1. The molecular formula is C19H18FN3O4S. The number of amides is 2. The van der Waals surface area contributed by atoms with Crippen LogP contribution >= 0.6 is 11.8 Å². The predicted octanol–water partition coefficient (Wildman–Crippen LogP) is 3.13. The molecular weight excluding hydrogens is 385 g/mol. The quantitative estimate of drug-likeness (QED) is 0.590. The molecule has 1 aliphatic heterocycles. The van der Waals surface area contributed by atoms with E-state index in [9.17, 15) is 24.1 Å². The first-order chi connectivity index (χ1) is 13.4. The Bertz CT molecular complexity index is 951. The van der Waals surface area contributed by atoms with E-state index in [-0.39, 0.29) is 29.7 Å². The summed E-state index contributed by atoms with van der Waals surface area (Å²) in [6.45, 7) is 1.30. The van der Waals surface area contributed by atoms with Crippen LogP contribution in [0.3, 0.4) is 0 Å². The summed E-state index contributed by atoms with van der Waals surface area (Å²) < 4.78 is 13.9. The van der Waals surface area contributed by atoms with Gasteiger partial charge in [0, 0.05) is 27.8 Å². The number of fused-ring (bicyclic) bond motifs is 1. The molecule has 146 valence electrons. The second-order valence-corrected chi connectivity index (χ2v) is 7.46. The van der Waals surface area contributed by atoms with Gasteiger partial charge in [-0.15, -0.1) is 11.8 Å². The van der Waals surface area contributed by atoms with Crippen molar-refractivity contribution in [3.05, 3.63) is 69.0 Å². The average Bonchev–Trinajstić information content (AvgIpc) is 2.67. The molecule has 3 rings (SSSR count). The first-order valence-corrected chi connectivity index (χ1v) is 9.59. The van der Waals surface area contributed by atoms with Crippen molar-refractivity contribution in [1.29, 1.82) is 0 Å². The van der Waals surface area contributed by atoms with Crippen LogP contribution in [0.4, 0.5) is 10.1 Å². The number of nitrogens with zero attached hydrogens (tertiary/aromatic N) is 1. The summed E-state index contributed by atoms with van der Waals surface area (Å²) in [4.78, 5) is 35.4. The van der Waals surface area contributed by atoms with Crippen molar-refractivity contribution in [2.45, 2.75) is 24.3 Å². The number of nitrogens with one attached hydrogen (secondary N) is 2. The number of rotatable bonds is 5. The zero-order valence-corrected chi connectivity index (χ0v) is 15.8. The van der Waals surface area contributed by atoms with Crippen molar-refractivity contribution in [2.75, 3.05) is 12.3 Å². The van der Waals surface area contributed by atoms with Crippen LogP contribution in [0, 0.1) is 22.9 Å². The number of nitro benzene ring substituents is 1. The van der Waals surface area contributed by atoms with E-state index in [1.807, 2.05) is 0 Å². The maximum atomic E-state index is 13.9. The van der Waals surface area contributed by atoms with Crippen molar-refractivity contribution in [1.82, 2.24) is 10.6 Å². The summed E-state index contributed by atoms with van der Waals surface area (Å²) in [5, 5.41) is 16.3. The molecule has 0 aromatic heterocycles. The highest BCUT2D eigenvalue weighted by molar-refractivity contribution is 7.99. The molecule has 1 heterocycles. The zero-order chi connectivity index (χ0) is 20.3. The Hall–Kier alpha value is -2.94. The summed E-state index contributed by atoms with van der Waals surface area (Å²) >= 11 is 1.42. The molecule has 7 nitrogen and oxygen atoms in total. The van der Waals surface area contributed by atoms with Gasteiger partial charge in [-0.05, 0) is 31.0 Å². The summed E-state index contributed by atoms with van der Waals surface area (Å²) in [6.07, 6.45) is 0.658. The minimum Gasteiger partial charge on any atom is -0.348 e. The van der Waals surface area contributed by atoms with E-state index in [0.717, 1.165) is 5.56 Å². The molecule has 0 fully saturated rings. The number of halogens is 1. The van der Waals surface area contributed by atoms with Crippen LogP contribution < -0.4 is 10.6 Å². The van der Waals surface area contributed by atoms with Gasteiger partial charge in [-0.3, -0.25) is 19.7 Å². The van der Waals surface area contributed by atoms with E-state index in [2.05, 4.69) is 10.6 Å². The van der Waals surface area contributed by atoms with Gasteiger partial charge in [0.15, 0.2) is 0 Å². The number of hydrogen-bond donors (Lipinski definition) is 2. The fourth-order valence-corrected chi connectivity index (χ4v) is 4.13. The predicted molar refractivity (Wildman–Crippen MR) is 103 cm³/mol. The normalized spacial score (nSPS) is 15.4. The highest BCUT2D eigenvalue weighted by Gasteiger charge is 2.24. The molecule has 2 aromatic carbocycles. The van der Waals surface area contributed by atoms with Crippen LogP contribution in [0.5, 0.6) is 0 Å². The minimum absolute atomic E-state index is 0.103. The molecule has 9 heteroatoms. The third kappa shape index (κ3) is 4.30. The molecule has 2 aromatic rings. The number of hydrogen-bond acceptors (Lipinski definition) is 5. The average molecular weight is 403 g/mol. The number of aryl methyl sites for hydroxylation is 1. The first kappa shape index (κ1) is 19.8. The molecule has 0 aliphatic carbocycles. The van der Waals surface area contributed by atoms with Gasteiger partial charge in [-0.1, -0.05) is 18.2 Å². The largest absolute Gasteiger partial charge is 0.348 e. The van der Waals surface area contributed by atoms with E-state index < -0.39 is 16.7 Å². The van der Waals surface area contributed by atoms with Gasteiger partial charge in [0.1, 0.15) is 5.82 Å². The fraction of sp³-hybridized carbons (Fsp3) is 0.263. The lowest BCUT2D eigenvalue weighted by Gasteiger charge is -2.26. The molecule has 28 heavy (non-hydrogen) atoms. The molecule has 0 bridgehead atoms. The highest BCUT2D eigenvalue weighted by atomic mass is 32.2. The molecule has 1 aliphatic rings. The Morgan fingerprint density at radius 2 is 2.11 bits per heavy atom. The molecule has 2 amide bonds. The molecule has 0 radical (unpaired) electrons. The third-order valence-electron chi connectivity index (χ3n) is 4.44. The molecule has 0 saturated heterocycles. The Labute approximate surface area is 164 Å². The third-order valence-corrected chi connectivity index (χ3v) is 5.60. The summed E-state index contributed by atoms with van der Waals surface area (Å²) in [6, 6.07) is 8.57. The minimum atomic E-state index is -0.580. The van der Waals surface area contributed by atoms with Crippen LogP contribution in [0.25, 0.3) is 0 Å². The second-order valence-electron chi connectivity index (χ2n) is 6.36. The van der Waals surface area contributed by atoms with Gasteiger partial charge < -0.3 is 10.6 Å². The molecule has 0 unspecified atom stereocenters. The lowest BCUT2D eigenvalue weighted by atomic mass is 10.0. The number of nitro groups is 1. The Morgan fingerprint density at radius 3 is 2.86 bits per heavy atom. The Kier molecular flexibility index (Phi) is 5.93. The zero-order valence-electron chi connectivity index (χ0n) is 15.0. The van der Waals surface area contributed by atoms with Gasteiger partial charge in [0.2, 0.25) is 5.91 Å². The van der Waals surface area contributed by atoms with Crippen molar-refractivity contribution < 1.29 is 18.9 Å². The smallest absolute Gasteiger partial charge is 0.273 e. The van der Waals surface area contributed by atoms with E-state index >= 15 is 0 Å². The van der Waals surface area contributed by atoms with Gasteiger partial charge >= 0.3 is 0 Å². The maximum absolute atomic E-state index is 13.9. The highest BCUT2D eigenvalue weighted by Crippen LogP contribution is 2.37. The van der Waals surface area contributed by atoms with Gasteiger partial charge in [-0.2, -0.15) is 0 Å². The van der Waals surface area contributed by atoms with Crippen LogP contribution in [-0.4, -0.2) is 29.0 Å². The monoisotopic (exact) mass is 403 g/mol. The summed E-state index contributed by atoms with van der Waals surface area (Å²) in [5.74, 6) is -0.625. The van der Waals surface area contributed by atoms with Crippen molar-refractivity contribution in [3.63, 3.8) is 0 Å². The van der Waals surface area contributed by atoms with Gasteiger partial charge in [0.05, 0.1) is 17.5 Å². The van der Waals surface area contributed by atoms with Crippen LogP contribution in [0.1, 0.15) is 33.9 Å². The topological polar surface area (TPSA) is 101 Å². The summed E-state index contributed by atoms with van der Waals surface area (Å²) in [5.41, 5.74) is 1.12. The van der Waals surface area contributed by atoms with Crippen LogP contribution in [0.15, 0.2) is 41.3 Å². The number of carbonyl (C=O) groups is 2. The van der Waals surface area contributed by atoms with Crippen molar-refractivity contribution in [2.24, 2.45) is 0 Å². The van der Waals surface area contributed by atoms with E-state index in [4.69, 9.17) is 0 Å². The summed E-state index contributed by atoms with van der Waals surface area (Å²) in [7, 11) is 0. The fourth-order valence-electron chi connectivity index (χ4n) is 2.99. The number of thioether (sulfide) groups is 1. The van der Waals surface area contributed by atoms with E-state index in [0.29, 0.717) is 22.6 Å². The number of carbonyl (C=O) groups excluding carboxylic acids is 2. The molecule has 2 N–H and O–H groups in total. The van der Waals surface area contributed by atoms with Crippen LogP contribution in [0.2, 0.25) is 0 Å². The first-order valence-electron chi connectivity index (χ1n) is 8.60. The maximum Gasteiger partial charge on any atom is 0.273 e.